The maximum absolute atomic E-state index is 12.1. The van der Waals surface area contributed by atoms with Crippen LogP contribution in [0.5, 0.6) is 5.75 Å². The van der Waals surface area contributed by atoms with Gasteiger partial charge in [0, 0.05) is 44.0 Å². The van der Waals surface area contributed by atoms with Gasteiger partial charge < -0.3 is 14.8 Å². The van der Waals surface area contributed by atoms with E-state index in [0.29, 0.717) is 24.0 Å². The Morgan fingerprint density at radius 2 is 1.94 bits per heavy atom. The molecule has 186 valence electrons. The SMILES string of the molecule is CCNC(=O)Nc1nc2cc(OCc3ccccc3)cc(-c3cc(CN4CCOCC4)ccn3)c2s1. The average molecular weight is 504 g/mol. The van der Waals surface area contributed by atoms with Crippen LogP contribution >= 0.6 is 11.3 Å². The Kier molecular flexibility index (Phi) is 7.70. The van der Waals surface area contributed by atoms with Gasteiger partial charge in [0.1, 0.15) is 12.4 Å². The van der Waals surface area contributed by atoms with E-state index in [9.17, 15) is 4.79 Å². The number of anilines is 1. The Bertz CT molecular complexity index is 1320. The number of benzene rings is 2. The van der Waals surface area contributed by atoms with Gasteiger partial charge in [-0.1, -0.05) is 41.7 Å². The number of carbonyl (C=O) groups is 1. The number of urea groups is 1. The van der Waals surface area contributed by atoms with E-state index in [-0.39, 0.29) is 6.03 Å². The molecule has 2 N–H and O–H groups in total. The summed E-state index contributed by atoms with van der Waals surface area (Å²) in [6.07, 6.45) is 1.85. The lowest BCUT2D eigenvalue weighted by Gasteiger charge is -2.26. The van der Waals surface area contributed by atoms with Crippen LogP contribution < -0.4 is 15.4 Å². The van der Waals surface area contributed by atoms with Crippen molar-refractivity contribution >= 4 is 32.7 Å². The van der Waals surface area contributed by atoms with Crippen molar-refractivity contribution < 1.29 is 14.3 Å². The summed E-state index contributed by atoms with van der Waals surface area (Å²) in [6.45, 7) is 7.09. The molecule has 0 saturated carbocycles. The second-order valence-corrected chi connectivity index (χ2v) is 9.53. The van der Waals surface area contributed by atoms with E-state index in [1.807, 2.05) is 55.6 Å². The molecule has 0 atom stereocenters. The number of morpholine rings is 1. The second kappa shape index (κ2) is 11.5. The largest absolute Gasteiger partial charge is 0.489 e. The van der Waals surface area contributed by atoms with Crippen LogP contribution in [0.15, 0.2) is 60.8 Å². The molecule has 2 aromatic heterocycles. The Morgan fingerprint density at radius 1 is 1.11 bits per heavy atom. The highest BCUT2D eigenvalue weighted by atomic mass is 32.1. The molecule has 2 aromatic carbocycles. The van der Waals surface area contributed by atoms with Gasteiger partial charge in [-0.3, -0.25) is 15.2 Å². The lowest BCUT2D eigenvalue weighted by atomic mass is 10.1. The van der Waals surface area contributed by atoms with Crippen LogP contribution in [-0.4, -0.2) is 53.7 Å². The van der Waals surface area contributed by atoms with Crippen molar-refractivity contribution in [2.24, 2.45) is 0 Å². The van der Waals surface area contributed by atoms with E-state index in [1.165, 1.54) is 16.9 Å². The van der Waals surface area contributed by atoms with Gasteiger partial charge in [-0.25, -0.2) is 9.78 Å². The van der Waals surface area contributed by atoms with Gasteiger partial charge in [-0.05, 0) is 36.2 Å². The molecular formula is C27H29N5O3S. The molecule has 2 amide bonds. The fourth-order valence-corrected chi connectivity index (χ4v) is 5.08. The predicted octanol–water partition coefficient (Wildman–Crippen LogP) is 4.91. The van der Waals surface area contributed by atoms with Crippen LogP contribution in [0.1, 0.15) is 18.1 Å². The molecule has 1 aliphatic heterocycles. The normalized spacial score (nSPS) is 14.0. The molecule has 0 bridgehead atoms. The second-order valence-electron chi connectivity index (χ2n) is 8.53. The van der Waals surface area contributed by atoms with Gasteiger partial charge >= 0.3 is 6.03 Å². The van der Waals surface area contributed by atoms with Gasteiger partial charge in [0.05, 0.1) is 29.1 Å². The average Bonchev–Trinajstić information content (AvgIpc) is 3.30. The van der Waals surface area contributed by atoms with Gasteiger partial charge in [0.25, 0.3) is 0 Å². The van der Waals surface area contributed by atoms with Crippen molar-refractivity contribution in [1.29, 1.82) is 0 Å². The van der Waals surface area contributed by atoms with Gasteiger partial charge in [0.2, 0.25) is 0 Å². The lowest BCUT2D eigenvalue weighted by molar-refractivity contribution is 0.0342. The molecule has 4 aromatic rings. The van der Waals surface area contributed by atoms with Crippen molar-refractivity contribution in [3.05, 3.63) is 71.9 Å². The number of hydrogen-bond donors (Lipinski definition) is 2. The van der Waals surface area contributed by atoms with Crippen molar-refractivity contribution in [2.75, 3.05) is 38.2 Å². The third-order valence-electron chi connectivity index (χ3n) is 5.88. The van der Waals surface area contributed by atoms with E-state index in [1.54, 1.807) is 0 Å². The maximum Gasteiger partial charge on any atom is 0.321 e. The van der Waals surface area contributed by atoms with E-state index in [4.69, 9.17) is 14.5 Å². The monoisotopic (exact) mass is 503 g/mol. The Hall–Kier alpha value is -3.53. The number of carbonyl (C=O) groups excluding carboxylic acids is 1. The fourth-order valence-electron chi connectivity index (χ4n) is 4.11. The molecule has 1 saturated heterocycles. The molecule has 0 radical (unpaired) electrons. The van der Waals surface area contributed by atoms with Gasteiger partial charge in [-0.15, -0.1) is 0 Å². The Balaban J connectivity index is 1.48. The first-order valence-corrected chi connectivity index (χ1v) is 12.9. The molecule has 5 rings (SSSR count). The van der Waals surface area contributed by atoms with Gasteiger partial charge in [0.15, 0.2) is 5.13 Å². The summed E-state index contributed by atoms with van der Waals surface area (Å²) in [5.41, 5.74) is 4.82. The molecule has 9 heteroatoms. The highest BCUT2D eigenvalue weighted by Gasteiger charge is 2.17. The summed E-state index contributed by atoms with van der Waals surface area (Å²) in [4.78, 5) is 23.8. The summed E-state index contributed by atoms with van der Waals surface area (Å²) in [6, 6.07) is 17.9. The molecule has 36 heavy (non-hydrogen) atoms. The van der Waals surface area contributed by atoms with Crippen molar-refractivity contribution in [2.45, 2.75) is 20.1 Å². The number of fused-ring (bicyclic) bond motifs is 1. The fraction of sp³-hybridized carbons (Fsp3) is 0.296. The number of thiazole rings is 1. The highest BCUT2D eigenvalue weighted by molar-refractivity contribution is 7.22. The van der Waals surface area contributed by atoms with Gasteiger partial charge in [-0.2, -0.15) is 0 Å². The summed E-state index contributed by atoms with van der Waals surface area (Å²) in [5.74, 6) is 0.705. The van der Waals surface area contributed by atoms with Crippen LogP contribution in [0.25, 0.3) is 21.5 Å². The molecule has 0 unspecified atom stereocenters. The first-order valence-electron chi connectivity index (χ1n) is 12.1. The highest BCUT2D eigenvalue weighted by Crippen LogP contribution is 2.38. The number of amides is 2. The molecular weight excluding hydrogens is 474 g/mol. The molecule has 1 aliphatic rings. The minimum Gasteiger partial charge on any atom is -0.489 e. The quantitative estimate of drug-likeness (QED) is 0.355. The molecule has 0 aliphatic carbocycles. The number of hydrogen-bond acceptors (Lipinski definition) is 7. The first-order chi connectivity index (χ1) is 17.7. The minimum absolute atomic E-state index is 0.274. The first kappa shape index (κ1) is 24.2. The number of ether oxygens (including phenoxy) is 2. The number of pyridine rings is 1. The molecule has 8 nitrogen and oxygen atoms in total. The van der Waals surface area contributed by atoms with E-state index in [0.717, 1.165) is 59.9 Å². The summed E-state index contributed by atoms with van der Waals surface area (Å²) >= 11 is 1.43. The van der Waals surface area contributed by atoms with Crippen LogP contribution in [-0.2, 0) is 17.9 Å². The van der Waals surface area contributed by atoms with E-state index >= 15 is 0 Å². The van der Waals surface area contributed by atoms with E-state index in [2.05, 4.69) is 32.7 Å². The number of rotatable bonds is 8. The third-order valence-corrected chi connectivity index (χ3v) is 6.90. The molecule has 0 spiro atoms. The Morgan fingerprint density at radius 3 is 2.75 bits per heavy atom. The smallest absolute Gasteiger partial charge is 0.321 e. The summed E-state index contributed by atoms with van der Waals surface area (Å²) < 4.78 is 12.6. The number of nitrogens with one attached hydrogen (secondary N) is 2. The zero-order valence-corrected chi connectivity index (χ0v) is 21.0. The standard InChI is InChI=1S/C27H29N5O3S/c1-2-28-26(33)31-27-30-24-16-21(35-18-19-6-4-3-5-7-19)15-22(25(24)36-27)23-14-20(8-9-29-23)17-32-10-12-34-13-11-32/h3-9,14-16H,2,10-13,17-18H2,1H3,(H2,28,30,31,33). The van der Waals surface area contributed by atoms with Crippen molar-refractivity contribution in [1.82, 2.24) is 20.2 Å². The third kappa shape index (κ3) is 5.99. The van der Waals surface area contributed by atoms with E-state index < -0.39 is 0 Å². The van der Waals surface area contributed by atoms with Crippen LogP contribution in [0.3, 0.4) is 0 Å². The van der Waals surface area contributed by atoms with Crippen molar-refractivity contribution in [3.63, 3.8) is 0 Å². The number of aromatic nitrogens is 2. The molecule has 1 fully saturated rings. The molecule has 3 heterocycles. The topological polar surface area (TPSA) is 88.6 Å². The van der Waals surface area contributed by atoms with Crippen LogP contribution in [0.2, 0.25) is 0 Å². The van der Waals surface area contributed by atoms with Crippen LogP contribution in [0, 0.1) is 0 Å². The van der Waals surface area contributed by atoms with Crippen molar-refractivity contribution in [3.8, 4) is 17.0 Å². The number of nitrogens with zero attached hydrogens (tertiary/aromatic N) is 3. The Labute approximate surface area is 214 Å². The zero-order chi connectivity index (χ0) is 24.7. The van der Waals surface area contributed by atoms with Crippen LogP contribution in [0.4, 0.5) is 9.93 Å². The predicted molar refractivity (Wildman–Crippen MR) is 142 cm³/mol. The maximum atomic E-state index is 12.1. The summed E-state index contributed by atoms with van der Waals surface area (Å²) in [7, 11) is 0. The minimum atomic E-state index is -0.274. The zero-order valence-electron chi connectivity index (χ0n) is 20.2. The summed E-state index contributed by atoms with van der Waals surface area (Å²) in [5, 5.41) is 6.11. The lowest BCUT2D eigenvalue weighted by Crippen LogP contribution is -2.35.